The molecule has 0 amide bonds. The van der Waals surface area contributed by atoms with Crippen LogP contribution in [0, 0.1) is 0 Å². The third-order valence-electron chi connectivity index (χ3n) is 1.08. The van der Waals surface area contributed by atoms with Crippen LogP contribution in [0.5, 0.6) is 0 Å². The number of esters is 1. The van der Waals surface area contributed by atoms with Crippen molar-refractivity contribution in [1.29, 1.82) is 0 Å². The minimum absolute atomic E-state index is 0.259. The predicted molar refractivity (Wildman–Crippen MR) is 56.1 cm³/mol. The normalized spacial score (nSPS) is 9.83. The fourth-order valence-corrected chi connectivity index (χ4v) is 2.07. The highest BCUT2D eigenvalue weighted by Crippen LogP contribution is 2.22. The van der Waals surface area contributed by atoms with E-state index in [1.165, 1.54) is 11.3 Å². The molecule has 66 valence electrons. The lowest BCUT2D eigenvalue weighted by molar-refractivity contribution is 0.0537. The maximum absolute atomic E-state index is 11.2. The molecule has 1 aromatic heterocycles. The first-order chi connectivity index (χ1) is 5.74. The van der Waals surface area contributed by atoms with Crippen molar-refractivity contribution in [3.05, 3.63) is 20.8 Å². The van der Waals surface area contributed by atoms with Crippen LogP contribution >= 0.6 is 43.2 Å². The van der Waals surface area contributed by atoms with Gasteiger partial charge in [0.2, 0.25) is 0 Å². The van der Waals surface area contributed by atoms with Gasteiger partial charge >= 0.3 is 5.97 Å². The molecule has 0 atom stereocenters. The van der Waals surface area contributed by atoms with Gasteiger partial charge in [0, 0.05) is 5.33 Å². The summed E-state index contributed by atoms with van der Waals surface area (Å²) in [6.07, 6.45) is 0. The number of carbonyl (C=O) groups is 1. The van der Waals surface area contributed by atoms with Gasteiger partial charge in [-0.2, -0.15) is 0 Å². The minimum Gasteiger partial charge on any atom is -0.461 e. The first-order valence-corrected chi connectivity index (χ1v) is 5.95. The number of hydrogen-bond acceptors (Lipinski definition) is 3. The number of alkyl halides is 1. The van der Waals surface area contributed by atoms with Gasteiger partial charge in [0.15, 0.2) is 0 Å². The van der Waals surface area contributed by atoms with Gasteiger partial charge < -0.3 is 4.74 Å². The van der Waals surface area contributed by atoms with Crippen LogP contribution in [-0.4, -0.2) is 17.9 Å². The van der Waals surface area contributed by atoms with Crippen LogP contribution in [0.4, 0.5) is 0 Å². The van der Waals surface area contributed by atoms with E-state index >= 15 is 0 Å². The molecule has 0 fully saturated rings. The molecule has 0 N–H and O–H groups in total. The van der Waals surface area contributed by atoms with Gasteiger partial charge in [-0.25, -0.2) is 4.79 Å². The van der Waals surface area contributed by atoms with Crippen LogP contribution in [0.3, 0.4) is 0 Å². The zero-order valence-electron chi connectivity index (χ0n) is 6.05. The lowest BCUT2D eigenvalue weighted by Crippen LogP contribution is -2.04. The van der Waals surface area contributed by atoms with Crippen molar-refractivity contribution in [1.82, 2.24) is 0 Å². The van der Waals surface area contributed by atoms with E-state index in [4.69, 9.17) is 4.74 Å². The highest BCUT2D eigenvalue weighted by molar-refractivity contribution is 9.11. The molecule has 12 heavy (non-hydrogen) atoms. The van der Waals surface area contributed by atoms with E-state index in [9.17, 15) is 4.79 Å². The van der Waals surface area contributed by atoms with Crippen molar-refractivity contribution in [2.24, 2.45) is 0 Å². The highest BCUT2D eigenvalue weighted by atomic mass is 79.9. The van der Waals surface area contributed by atoms with Gasteiger partial charge in [-0.1, -0.05) is 15.9 Å². The average Bonchev–Trinajstić information content (AvgIpc) is 2.47. The Morgan fingerprint density at radius 3 is 2.83 bits per heavy atom. The van der Waals surface area contributed by atoms with Gasteiger partial charge in [0.05, 0.1) is 3.79 Å². The van der Waals surface area contributed by atoms with Crippen LogP contribution in [-0.2, 0) is 4.74 Å². The monoisotopic (exact) mass is 312 g/mol. The molecule has 1 aromatic rings. The van der Waals surface area contributed by atoms with Crippen molar-refractivity contribution in [2.75, 3.05) is 11.9 Å². The molecule has 0 aliphatic carbocycles. The molecule has 0 aliphatic rings. The van der Waals surface area contributed by atoms with Crippen molar-refractivity contribution in [3.63, 3.8) is 0 Å². The molecule has 0 saturated carbocycles. The molecule has 2 nitrogen and oxygen atoms in total. The lowest BCUT2D eigenvalue weighted by Gasteiger charge is -1.97. The van der Waals surface area contributed by atoms with E-state index in [1.807, 2.05) is 6.07 Å². The van der Waals surface area contributed by atoms with Crippen LogP contribution in [0.2, 0.25) is 0 Å². The summed E-state index contributed by atoms with van der Waals surface area (Å²) in [6, 6.07) is 3.57. The van der Waals surface area contributed by atoms with E-state index < -0.39 is 0 Å². The van der Waals surface area contributed by atoms with E-state index in [0.29, 0.717) is 16.8 Å². The van der Waals surface area contributed by atoms with E-state index in [2.05, 4.69) is 31.9 Å². The Hall–Kier alpha value is 0.130. The van der Waals surface area contributed by atoms with E-state index in [1.54, 1.807) is 6.07 Å². The topological polar surface area (TPSA) is 26.3 Å². The number of halogens is 2. The van der Waals surface area contributed by atoms with Gasteiger partial charge in [-0.15, -0.1) is 11.3 Å². The third-order valence-corrected chi connectivity index (χ3v) is 3.01. The summed E-state index contributed by atoms with van der Waals surface area (Å²) in [4.78, 5) is 11.8. The van der Waals surface area contributed by atoms with Crippen LogP contribution in [0.1, 0.15) is 9.67 Å². The number of thiophene rings is 1. The SMILES string of the molecule is O=C(OCCBr)c1ccc(Br)s1. The van der Waals surface area contributed by atoms with Gasteiger partial charge in [-0.05, 0) is 28.1 Å². The summed E-state index contributed by atoms with van der Waals surface area (Å²) in [5.74, 6) is -0.259. The molecular formula is C7H6Br2O2S. The third kappa shape index (κ3) is 2.88. The molecule has 0 aliphatic heterocycles. The summed E-state index contributed by atoms with van der Waals surface area (Å²) < 4.78 is 5.83. The molecule has 1 heterocycles. The second-order valence-corrected chi connectivity index (χ2v) is 5.18. The standard InChI is InChI=1S/C7H6Br2O2S/c8-3-4-11-7(10)5-1-2-6(9)12-5/h1-2H,3-4H2. The fourth-order valence-electron chi connectivity index (χ4n) is 0.626. The summed E-state index contributed by atoms with van der Waals surface area (Å²) in [7, 11) is 0. The Kier molecular flexibility index (Phi) is 4.25. The Morgan fingerprint density at radius 1 is 1.58 bits per heavy atom. The number of rotatable bonds is 3. The Morgan fingerprint density at radius 2 is 2.33 bits per heavy atom. The van der Waals surface area contributed by atoms with Crippen molar-refractivity contribution in [3.8, 4) is 0 Å². The van der Waals surface area contributed by atoms with Gasteiger partial charge in [0.1, 0.15) is 11.5 Å². The Balaban J connectivity index is 2.53. The predicted octanol–water partition coefficient (Wildman–Crippen LogP) is 3.06. The Bertz CT molecular complexity index is 272. The van der Waals surface area contributed by atoms with Crippen LogP contribution in [0.25, 0.3) is 0 Å². The largest absolute Gasteiger partial charge is 0.461 e. The average molecular weight is 314 g/mol. The smallest absolute Gasteiger partial charge is 0.348 e. The minimum atomic E-state index is -0.259. The first-order valence-electron chi connectivity index (χ1n) is 3.22. The van der Waals surface area contributed by atoms with Gasteiger partial charge in [-0.3, -0.25) is 0 Å². The Labute approximate surface area is 91.2 Å². The molecular weight excluding hydrogens is 308 g/mol. The highest BCUT2D eigenvalue weighted by Gasteiger charge is 2.08. The molecule has 0 spiro atoms. The zero-order valence-corrected chi connectivity index (χ0v) is 10.0. The van der Waals surface area contributed by atoms with Crippen molar-refractivity contribution >= 4 is 49.2 Å². The maximum atomic E-state index is 11.2. The first kappa shape index (κ1) is 10.2. The van der Waals surface area contributed by atoms with Crippen LogP contribution in [0.15, 0.2) is 15.9 Å². The van der Waals surface area contributed by atoms with E-state index in [0.717, 1.165) is 3.79 Å². The number of ether oxygens (including phenoxy) is 1. The molecule has 0 radical (unpaired) electrons. The maximum Gasteiger partial charge on any atom is 0.348 e. The van der Waals surface area contributed by atoms with Crippen molar-refractivity contribution < 1.29 is 9.53 Å². The van der Waals surface area contributed by atoms with E-state index in [-0.39, 0.29) is 5.97 Å². The van der Waals surface area contributed by atoms with Gasteiger partial charge in [0.25, 0.3) is 0 Å². The molecule has 0 saturated heterocycles. The molecule has 1 rings (SSSR count). The number of hydrogen-bond donors (Lipinski definition) is 0. The summed E-state index contributed by atoms with van der Waals surface area (Å²) in [5.41, 5.74) is 0. The summed E-state index contributed by atoms with van der Waals surface area (Å²) in [5, 5.41) is 0.672. The fraction of sp³-hybridized carbons (Fsp3) is 0.286. The quantitative estimate of drug-likeness (QED) is 0.633. The molecule has 5 heteroatoms. The molecule has 0 unspecified atom stereocenters. The lowest BCUT2D eigenvalue weighted by atomic mass is 10.5. The second kappa shape index (κ2) is 4.99. The van der Waals surface area contributed by atoms with Crippen molar-refractivity contribution in [2.45, 2.75) is 0 Å². The molecule has 0 bridgehead atoms. The molecule has 0 aromatic carbocycles. The summed E-state index contributed by atoms with van der Waals surface area (Å²) >= 11 is 7.82. The zero-order chi connectivity index (χ0) is 8.97. The second-order valence-electron chi connectivity index (χ2n) is 1.93. The summed E-state index contributed by atoms with van der Waals surface area (Å²) in [6.45, 7) is 0.411. The number of carbonyl (C=O) groups excluding carboxylic acids is 1. The van der Waals surface area contributed by atoms with Crippen LogP contribution < -0.4 is 0 Å².